The van der Waals surface area contributed by atoms with Crippen molar-refractivity contribution in [3.05, 3.63) is 65.7 Å². The molecule has 2 atom stereocenters. The summed E-state index contributed by atoms with van der Waals surface area (Å²) >= 11 is 0. The molecule has 0 bridgehead atoms. The van der Waals surface area contributed by atoms with E-state index < -0.39 is 6.04 Å². The lowest BCUT2D eigenvalue weighted by molar-refractivity contribution is -0.122. The Morgan fingerprint density at radius 3 is 2.74 bits per heavy atom. The lowest BCUT2D eigenvalue weighted by Gasteiger charge is -2.29. The first kappa shape index (κ1) is 17.3. The van der Waals surface area contributed by atoms with E-state index in [-0.39, 0.29) is 12.1 Å². The third kappa shape index (κ3) is 3.84. The summed E-state index contributed by atoms with van der Waals surface area (Å²) in [6, 6.07) is 17.6. The van der Waals surface area contributed by atoms with Gasteiger partial charge in [0.1, 0.15) is 11.6 Å². The number of nitrogens with one attached hydrogen (secondary N) is 1. The Bertz CT molecular complexity index is 879. The topological polar surface area (TPSA) is 66.3 Å². The predicted molar refractivity (Wildman–Crippen MR) is 105 cm³/mol. The molecule has 0 aliphatic carbocycles. The zero-order valence-electron chi connectivity index (χ0n) is 15.2. The van der Waals surface area contributed by atoms with Crippen LogP contribution >= 0.6 is 0 Å². The Hall–Kier alpha value is -3.15. The summed E-state index contributed by atoms with van der Waals surface area (Å²) in [5.74, 6) is 1.46. The first-order valence-corrected chi connectivity index (χ1v) is 9.06. The Morgan fingerprint density at radius 2 is 1.93 bits per heavy atom. The van der Waals surface area contributed by atoms with E-state index in [9.17, 15) is 4.79 Å². The van der Waals surface area contributed by atoms with Gasteiger partial charge in [0.25, 0.3) is 5.91 Å². The van der Waals surface area contributed by atoms with Gasteiger partial charge in [-0.3, -0.25) is 9.79 Å². The Labute approximate surface area is 158 Å². The molecule has 138 valence electrons. The molecule has 0 aromatic heterocycles. The van der Waals surface area contributed by atoms with Crippen LogP contribution in [-0.4, -0.2) is 48.8 Å². The molecule has 1 amide bonds. The second-order valence-electron chi connectivity index (χ2n) is 6.69. The van der Waals surface area contributed by atoms with Gasteiger partial charge in [0.15, 0.2) is 12.2 Å². The molecule has 27 heavy (non-hydrogen) atoms. The van der Waals surface area contributed by atoms with Crippen molar-refractivity contribution < 1.29 is 9.53 Å². The fourth-order valence-corrected chi connectivity index (χ4v) is 3.40. The highest BCUT2D eigenvalue weighted by atomic mass is 16.5. The number of benzene rings is 2. The first-order chi connectivity index (χ1) is 13.2. The minimum absolute atomic E-state index is 0.0824. The average molecular weight is 362 g/mol. The molecule has 0 fully saturated rings. The van der Waals surface area contributed by atoms with Gasteiger partial charge in [-0.15, -0.1) is 0 Å². The molecule has 1 N–H and O–H groups in total. The van der Waals surface area contributed by atoms with Crippen LogP contribution < -0.4 is 10.1 Å². The Kier molecular flexibility index (Phi) is 4.87. The zero-order valence-corrected chi connectivity index (χ0v) is 15.2. The third-order valence-corrected chi connectivity index (χ3v) is 4.83. The molecular weight excluding hydrogens is 340 g/mol. The highest BCUT2D eigenvalue weighted by molar-refractivity contribution is 6.04. The van der Waals surface area contributed by atoms with Crippen molar-refractivity contribution in [3.8, 4) is 5.75 Å². The van der Waals surface area contributed by atoms with Gasteiger partial charge in [0, 0.05) is 13.0 Å². The van der Waals surface area contributed by atoms with Crippen LogP contribution in [0.5, 0.6) is 5.75 Å². The molecule has 6 heteroatoms. The number of methoxy groups -OCH3 is 1. The number of fused-ring (bicyclic) bond motifs is 1. The molecule has 0 saturated carbocycles. The largest absolute Gasteiger partial charge is 0.497 e. The van der Waals surface area contributed by atoms with Crippen molar-refractivity contribution in [1.29, 1.82) is 0 Å². The summed E-state index contributed by atoms with van der Waals surface area (Å²) in [6.45, 7) is 0.743. The van der Waals surface area contributed by atoms with E-state index in [1.54, 1.807) is 13.4 Å². The third-order valence-electron chi connectivity index (χ3n) is 4.83. The normalized spacial score (nSPS) is 20.9. The number of carbonyl (C=O) groups excluding carboxylic acids is 1. The minimum atomic E-state index is -0.463. The van der Waals surface area contributed by atoms with E-state index in [1.165, 1.54) is 5.56 Å². The number of aliphatic imine (C=N–C) groups is 2. The van der Waals surface area contributed by atoms with Crippen LogP contribution in [0.2, 0.25) is 0 Å². The summed E-state index contributed by atoms with van der Waals surface area (Å²) < 4.78 is 5.28. The molecule has 4 rings (SSSR count). The second kappa shape index (κ2) is 7.61. The number of carbonyl (C=O) groups is 1. The molecule has 0 saturated heterocycles. The van der Waals surface area contributed by atoms with Crippen molar-refractivity contribution in [1.82, 2.24) is 10.2 Å². The summed E-state index contributed by atoms with van der Waals surface area (Å²) in [5, 5.41) is 2.90. The molecule has 2 unspecified atom stereocenters. The standard InChI is InChI=1S/C21H22N4O2/c1-27-17-9-5-8-16(12-17)10-11-25-14-22-19-20(25)23-18(24-21(19)26)13-15-6-3-2-4-7-15/h2-9,12,14,19-20H,10-11,13H2,1H3,(H,23,24,26). The number of hydrogen-bond donors (Lipinski definition) is 1. The van der Waals surface area contributed by atoms with E-state index >= 15 is 0 Å². The monoisotopic (exact) mass is 362 g/mol. The smallest absolute Gasteiger partial charge is 0.254 e. The van der Waals surface area contributed by atoms with Crippen LogP contribution in [0.4, 0.5) is 0 Å². The Balaban J connectivity index is 1.46. The lowest BCUT2D eigenvalue weighted by atomic mass is 10.1. The Morgan fingerprint density at radius 1 is 1.11 bits per heavy atom. The van der Waals surface area contributed by atoms with Crippen molar-refractivity contribution in [2.45, 2.75) is 25.0 Å². The second-order valence-corrected chi connectivity index (χ2v) is 6.69. The van der Waals surface area contributed by atoms with Crippen molar-refractivity contribution >= 4 is 18.1 Å². The van der Waals surface area contributed by atoms with Crippen LogP contribution in [0.15, 0.2) is 64.6 Å². The fourth-order valence-electron chi connectivity index (χ4n) is 3.40. The molecule has 2 aliphatic heterocycles. The van der Waals surface area contributed by atoms with Crippen LogP contribution in [0, 0.1) is 0 Å². The van der Waals surface area contributed by atoms with Gasteiger partial charge in [-0.1, -0.05) is 42.5 Å². The fraction of sp³-hybridized carbons (Fsp3) is 0.286. The molecule has 0 spiro atoms. The van der Waals surface area contributed by atoms with Gasteiger partial charge < -0.3 is 15.0 Å². The number of ether oxygens (including phenoxy) is 1. The van der Waals surface area contributed by atoms with Gasteiger partial charge in [-0.05, 0) is 29.7 Å². The van der Waals surface area contributed by atoms with E-state index in [0.717, 1.165) is 24.3 Å². The molecule has 2 aromatic rings. The van der Waals surface area contributed by atoms with Crippen LogP contribution in [0.1, 0.15) is 11.1 Å². The highest BCUT2D eigenvalue weighted by Crippen LogP contribution is 2.21. The van der Waals surface area contributed by atoms with Gasteiger partial charge in [-0.25, -0.2) is 4.99 Å². The molecule has 2 aliphatic rings. The summed E-state index contributed by atoms with van der Waals surface area (Å²) in [7, 11) is 1.67. The zero-order chi connectivity index (χ0) is 18.6. The first-order valence-electron chi connectivity index (χ1n) is 9.06. The van der Waals surface area contributed by atoms with Gasteiger partial charge in [0.05, 0.1) is 13.4 Å². The van der Waals surface area contributed by atoms with E-state index in [1.807, 2.05) is 53.4 Å². The van der Waals surface area contributed by atoms with Crippen LogP contribution in [0.25, 0.3) is 0 Å². The van der Waals surface area contributed by atoms with Gasteiger partial charge in [0.2, 0.25) is 0 Å². The van der Waals surface area contributed by atoms with E-state index in [0.29, 0.717) is 12.3 Å². The molecule has 6 nitrogen and oxygen atoms in total. The lowest BCUT2D eigenvalue weighted by Crippen LogP contribution is -2.52. The van der Waals surface area contributed by atoms with E-state index in [4.69, 9.17) is 9.73 Å². The maximum atomic E-state index is 12.4. The molecule has 2 heterocycles. The number of rotatable bonds is 6. The molecule has 2 aromatic carbocycles. The van der Waals surface area contributed by atoms with Crippen molar-refractivity contribution in [2.75, 3.05) is 13.7 Å². The van der Waals surface area contributed by atoms with Crippen LogP contribution in [-0.2, 0) is 17.6 Å². The number of amides is 1. The van der Waals surface area contributed by atoms with E-state index in [2.05, 4.69) is 16.4 Å². The quantitative estimate of drug-likeness (QED) is 0.855. The van der Waals surface area contributed by atoms with Crippen molar-refractivity contribution in [3.63, 3.8) is 0 Å². The summed E-state index contributed by atoms with van der Waals surface area (Å²) in [4.78, 5) is 23.6. The maximum Gasteiger partial charge on any atom is 0.254 e. The summed E-state index contributed by atoms with van der Waals surface area (Å²) in [6.07, 6.45) is 2.93. The molecule has 0 radical (unpaired) electrons. The summed E-state index contributed by atoms with van der Waals surface area (Å²) in [5.41, 5.74) is 2.30. The minimum Gasteiger partial charge on any atom is -0.497 e. The maximum absolute atomic E-state index is 12.4. The van der Waals surface area contributed by atoms with Crippen LogP contribution in [0.3, 0.4) is 0 Å². The SMILES string of the molecule is COc1cccc(CCN2C=NC3C(=O)NC(Cc4ccccc4)=NC32)c1. The highest BCUT2D eigenvalue weighted by Gasteiger charge is 2.39. The average Bonchev–Trinajstić information content (AvgIpc) is 3.11. The number of hydrogen-bond acceptors (Lipinski definition) is 5. The number of amidine groups is 1. The van der Waals surface area contributed by atoms with Crippen molar-refractivity contribution in [2.24, 2.45) is 9.98 Å². The number of nitrogens with zero attached hydrogens (tertiary/aromatic N) is 3. The predicted octanol–water partition coefficient (Wildman–Crippen LogP) is 2.05. The van der Waals surface area contributed by atoms with Gasteiger partial charge in [-0.2, -0.15) is 0 Å². The van der Waals surface area contributed by atoms with Gasteiger partial charge >= 0.3 is 0 Å². The molecular formula is C21H22N4O2.